The van der Waals surface area contributed by atoms with Crippen LogP contribution >= 0.6 is 0 Å². The maximum absolute atomic E-state index is 11.0. The fourth-order valence-corrected chi connectivity index (χ4v) is 1.46. The third kappa shape index (κ3) is 1.96. The summed E-state index contributed by atoms with van der Waals surface area (Å²) in [6.07, 6.45) is 6.36. The molecule has 0 aromatic heterocycles. The number of rotatable bonds is 3. The van der Waals surface area contributed by atoms with Gasteiger partial charge < -0.3 is 14.8 Å². The Morgan fingerprint density at radius 2 is 2.29 bits per heavy atom. The second-order valence-electron chi connectivity index (χ2n) is 3.03. The Hall–Kier alpha value is -1.29. The molecule has 4 nitrogen and oxygen atoms in total. The van der Waals surface area contributed by atoms with Gasteiger partial charge in [-0.2, -0.15) is 0 Å². The molecule has 0 bridgehead atoms. The topological polar surface area (TPSA) is 47.6 Å². The lowest BCUT2D eigenvalue weighted by Crippen LogP contribution is -2.50. The summed E-state index contributed by atoms with van der Waals surface area (Å²) in [4.78, 5) is 11.0. The van der Waals surface area contributed by atoms with E-state index in [0.29, 0.717) is 5.76 Å². The Bertz CT molecular complexity index is 283. The highest BCUT2D eigenvalue weighted by Crippen LogP contribution is 2.25. The number of amides is 1. The van der Waals surface area contributed by atoms with Crippen molar-refractivity contribution in [3.8, 4) is 0 Å². The number of allylic oxidation sites excluding steroid dienone is 2. The molecule has 0 fully saturated rings. The van der Waals surface area contributed by atoms with Crippen molar-refractivity contribution in [3.05, 3.63) is 24.0 Å². The van der Waals surface area contributed by atoms with Crippen LogP contribution in [0.1, 0.15) is 13.3 Å². The van der Waals surface area contributed by atoms with Gasteiger partial charge in [0.15, 0.2) is 0 Å². The molecule has 1 unspecified atom stereocenters. The average molecular weight is 197 g/mol. The molecule has 0 spiro atoms. The lowest BCUT2D eigenvalue weighted by molar-refractivity contribution is -0.126. The molecule has 0 aromatic carbocycles. The molecule has 1 amide bonds. The van der Waals surface area contributed by atoms with E-state index >= 15 is 0 Å². The molecule has 0 aliphatic heterocycles. The highest BCUT2D eigenvalue weighted by molar-refractivity contribution is 5.74. The normalized spacial score (nSPS) is 25.5. The fourth-order valence-electron chi connectivity index (χ4n) is 1.46. The van der Waals surface area contributed by atoms with Crippen molar-refractivity contribution in [2.75, 3.05) is 14.2 Å². The van der Waals surface area contributed by atoms with Crippen LogP contribution in [-0.2, 0) is 14.3 Å². The molecule has 78 valence electrons. The van der Waals surface area contributed by atoms with E-state index in [4.69, 9.17) is 9.47 Å². The molecule has 14 heavy (non-hydrogen) atoms. The first-order chi connectivity index (χ1) is 6.64. The van der Waals surface area contributed by atoms with E-state index in [2.05, 4.69) is 5.32 Å². The monoisotopic (exact) mass is 197 g/mol. The van der Waals surface area contributed by atoms with E-state index in [-0.39, 0.29) is 5.91 Å². The van der Waals surface area contributed by atoms with Crippen LogP contribution in [0.5, 0.6) is 0 Å². The third-order valence-corrected chi connectivity index (χ3v) is 2.06. The van der Waals surface area contributed by atoms with Crippen molar-refractivity contribution in [2.45, 2.75) is 19.1 Å². The SMILES string of the molecule is COC1=CCC=CC1(NC(C)=O)OC. The minimum atomic E-state index is -0.932. The van der Waals surface area contributed by atoms with Crippen LogP contribution in [0.3, 0.4) is 0 Å². The molecule has 4 heteroatoms. The molecule has 1 aliphatic carbocycles. The zero-order valence-electron chi connectivity index (χ0n) is 8.66. The Balaban J connectivity index is 2.94. The zero-order valence-corrected chi connectivity index (χ0v) is 8.66. The first-order valence-electron chi connectivity index (χ1n) is 4.41. The van der Waals surface area contributed by atoms with Crippen molar-refractivity contribution in [1.82, 2.24) is 5.32 Å². The number of nitrogens with one attached hydrogen (secondary N) is 1. The Labute approximate surface area is 83.6 Å². The van der Waals surface area contributed by atoms with Gasteiger partial charge in [-0.25, -0.2) is 0 Å². The molecular formula is C10H15NO3. The Kier molecular flexibility index (Phi) is 3.30. The second-order valence-corrected chi connectivity index (χ2v) is 3.03. The van der Waals surface area contributed by atoms with Gasteiger partial charge >= 0.3 is 0 Å². The van der Waals surface area contributed by atoms with Gasteiger partial charge in [-0.05, 0) is 18.6 Å². The second kappa shape index (κ2) is 4.28. The van der Waals surface area contributed by atoms with E-state index in [1.165, 1.54) is 14.0 Å². The van der Waals surface area contributed by atoms with Crippen molar-refractivity contribution in [1.29, 1.82) is 0 Å². The lowest BCUT2D eigenvalue weighted by Gasteiger charge is -2.32. The lowest BCUT2D eigenvalue weighted by atomic mass is 10.0. The summed E-state index contributed by atoms with van der Waals surface area (Å²) < 4.78 is 10.5. The maximum atomic E-state index is 11.0. The van der Waals surface area contributed by atoms with Crippen molar-refractivity contribution >= 4 is 5.91 Å². The van der Waals surface area contributed by atoms with Crippen molar-refractivity contribution < 1.29 is 14.3 Å². The molecule has 1 N–H and O–H groups in total. The van der Waals surface area contributed by atoms with E-state index in [0.717, 1.165) is 6.42 Å². The summed E-state index contributed by atoms with van der Waals surface area (Å²) in [6, 6.07) is 0. The van der Waals surface area contributed by atoms with Gasteiger partial charge in [0.25, 0.3) is 0 Å². The van der Waals surface area contributed by atoms with Crippen molar-refractivity contribution in [2.24, 2.45) is 0 Å². The van der Waals surface area contributed by atoms with Crippen LogP contribution < -0.4 is 5.32 Å². The maximum Gasteiger partial charge on any atom is 0.219 e. The summed E-state index contributed by atoms with van der Waals surface area (Å²) in [6.45, 7) is 1.44. The Morgan fingerprint density at radius 1 is 1.57 bits per heavy atom. The minimum Gasteiger partial charge on any atom is -0.496 e. The van der Waals surface area contributed by atoms with Gasteiger partial charge in [0.2, 0.25) is 11.6 Å². The summed E-state index contributed by atoms with van der Waals surface area (Å²) >= 11 is 0. The Morgan fingerprint density at radius 3 is 2.79 bits per heavy atom. The van der Waals surface area contributed by atoms with Crippen LogP contribution in [0.25, 0.3) is 0 Å². The van der Waals surface area contributed by atoms with Gasteiger partial charge in [-0.1, -0.05) is 6.08 Å². The molecule has 1 atom stereocenters. The molecule has 1 rings (SSSR count). The number of hydrogen-bond acceptors (Lipinski definition) is 3. The van der Waals surface area contributed by atoms with Gasteiger partial charge in [0.1, 0.15) is 5.76 Å². The van der Waals surface area contributed by atoms with E-state index in [1.54, 1.807) is 13.2 Å². The van der Waals surface area contributed by atoms with E-state index in [9.17, 15) is 4.79 Å². The predicted molar refractivity (Wildman–Crippen MR) is 52.4 cm³/mol. The molecule has 1 aliphatic rings. The molecule has 0 heterocycles. The molecule has 0 aromatic rings. The minimum absolute atomic E-state index is 0.165. The van der Waals surface area contributed by atoms with E-state index in [1.807, 2.05) is 12.2 Å². The zero-order chi connectivity index (χ0) is 10.6. The largest absolute Gasteiger partial charge is 0.496 e. The number of ether oxygens (including phenoxy) is 2. The highest BCUT2D eigenvalue weighted by Gasteiger charge is 2.35. The van der Waals surface area contributed by atoms with Crippen LogP contribution in [-0.4, -0.2) is 25.9 Å². The first kappa shape index (κ1) is 10.8. The quantitative estimate of drug-likeness (QED) is 0.541. The summed E-state index contributed by atoms with van der Waals surface area (Å²) in [7, 11) is 3.08. The van der Waals surface area contributed by atoms with Gasteiger partial charge in [-0.3, -0.25) is 4.79 Å². The van der Waals surface area contributed by atoms with Crippen LogP contribution in [0.2, 0.25) is 0 Å². The van der Waals surface area contributed by atoms with E-state index < -0.39 is 5.72 Å². The summed E-state index contributed by atoms with van der Waals surface area (Å²) in [5.41, 5.74) is -0.932. The number of methoxy groups -OCH3 is 2. The molecule has 0 radical (unpaired) electrons. The number of carbonyl (C=O) groups is 1. The van der Waals surface area contributed by atoms with Gasteiger partial charge in [0, 0.05) is 14.0 Å². The fraction of sp³-hybridized carbons (Fsp3) is 0.500. The van der Waals surface area contributed by atoms with Gasteiger partial charge in [-0.15, -0.1) is 0 Å². The third-order valence-electron chi connectivity index (χ3n) is 2.06. The number of hydrogen-bond donors (Lipinski definition) is 1. The molecular weight excluding hydrogens is 182 g/mol. The summed E-state index contributed by atoms with van der Waals surface area (Å²) in [5, 5.41) is 2.70. The molecule has 0 saturated carbocycles. The van der Waals surface area contributed by atoms with Crippen LogP contribution in [0.15, 0.2) is 24.0 Å². The smallest absolute Gasteiger partial charge is 0.219 e. The van der Waals surface area contributed by atoms with Crippen LogP contribution in [0, 0.1) is 0 Å². The van der Waals surface area contributed by atoms with Crippen molar-refractivity contribution in [3.63, 3.8) is 0 Å². The summed E-state index contributed by atoms with van der Waals surface area (Å²) in [5.74, 6) is 0.444. The highest BCUT2D eigenvalue weighted by atomic mass is 16.5. The van der Waals surface area contributed by atoms with Gasteiger partial charge in [0.05, 0.1) is 7.11 Å². The van der Waals surface area contributed by atoms with Crippen LogP contribution in [0.4, 0.5) is 0 Å². The number of carbonyl (C=O) groups excluding carboxylic acids is 1. The average Bonchev–Trinajstić information content (AvgIpc) is 2.17. The first-order valence-corrected chi connectivity index (χ1v) is 4.41. The predicted octanol–water partition coefficient (Wildman–Crippen LogP) is 0.955. The molecule has 0 saturated heterocycles. The standard InChI is InChI=1S/C10H15NO3/c1-8(12)11-10(14-3)7-5-4-6-9(10)13-2/h5-7H,4H2,1-3H3,(H,11,12).